The minimum absolute atomic E-state index is 0.872. The van der Waals surface area contributed by atoms with Crippen LogP contribution >= 0.6 is 11.3 Å². The van der Waals surface area contributed by atoms with Crippen molar-refractivity contribution in [2.24, 2.45) is 0 Å². The number of fused-ring (bicyclic) bond motifs is 11. The average molecular weight is 657 g/mol. The van der Waals surface area contributed by atoms with Gasteiger partial charge in [-0.05, 0) is 54.6 Å². The topological polar surface area (TPSA) is 21.3 Å². The number of hydrogen-bond acceptors (Lipinski definition) is 3. The second kappa shape index (κ2) is 10.6. The van der Waals surface area contributed by atoms with Crippen LogP contribution in [0.3, 0.4) is 0 Å². The lowest BCUT2D eigenvalue weighted by Gasteiger charge is -2.28. The molecule has 0 aliphatic carbocycles. The summed E-state index contributed by atoms with van der Waals surface area (Å²) in [6.07, 6.45) is 0. The second-order valence-electron chi connectivity index (χ2n) is 12.9. The average Bonchev–Trinajstić information content (AvgIpc) is 3.85. The first kappa shape index (κ1) is 27.6. The van der Waals surface area contributed by atoms with Crippen molar-refractivity contribution in [3.63, 3.8) is 0 Å². The van der Waals surface area contributed by atoms with E-state index >= 15 is 0 Å². The van der Waals surface area contributed by atoms with E-state index in [1.165, 1.54) is 47.2 Å². The van der Waals surface area contributed by atoms with Crippen LogP contribution in [0.25, 0.3) is 80.4 Å². The van der Waals surface area contributed by atoms with Crippen LogP contribution in [0.4, 0.5) is 17.1 Å². The van der Waals surface area contributed by atoms with Crippen LogP contribution in [0.5, 0.6) is 0 Å². The van der Waals surface area contributed by atoms with Crippen LogP contribution in [0.15, 0.2) is 174 Å². The van der Waals surface area contributed by atoms with Crippen molar-refractivity contribution in [2.75, 3.05) is 4.90 Å². The van der Waals surface area contributed by atoms with Crippen molar-refractivity contribution in [1.29, 1.82) is 0 Å². The summed E-state index contributed by atoms with van der Waals surface area (Å²) in [6, 6.07) is 61.2. The molecule has 0 N–H and O–H groups in total. The molecule has 0 radical (unpaired) electrons. The molecule has 0 bridgehead atoms. The fourth-order valence-corrected chi connectivity index (χ4v) is 9.24. The zero-order valence-electron chi connectivity index (χ0n) is 26.9. The standard InChI is InChI=1S/C46H28N2OS/c1-2-12-29(13-3-1)48-40-19-7-4-14-31(40)36-17-10-21-41(45(36)48)47(30-24-25-34-33-15-5-8-22-42(33)49-43(34)28-30)39-20-11-18-37-32(39)26-27-38-35-16-6-9-23-44(35)50-46(37)38/h1-28H. The Kier molecular flexibility index (Phi) is 5.83. The largest absolute Gasteiger partial charge is 0.456 e. The zero-order valence-corrected chi connectivity index (χ0v) is 27.7. The smallest absolute Gasteiger partial charge is 0.137 e. The summed E-state index contributed by atoms with van der Waals surface area (Å²) >= 11 is 1.88. The number of rotatable bonds is 4. The Bertz CT molecular complexity index is 3110. The molecule has 0 fully saturated rings. The Morgan fingerprint density at radius 2 is 1.08 bits per heavy atom. The molecule has 234 valence electrons. The fourth-order valence-electron chi connectivity index (χ4n) is 8.01. The SMILES string of the molecule is c1ccc(-n2c3ccccc3c3cccc(N(c4ccc5c(c4)oc4ccccc45)c4cccc5c4ccc4c6ccccc6sc54)c32)cc1. The van der Waals surface area contributed by atoms with E-state index in [0.717, 1.165) is 50.2 Å². The number of thiophene rings is 1. The number of furan rings is 1. The molecule has 0 saturated heterocycles. The predicted molar refractivity (Wildman–Crippen MR) is 213 cm³/mol. The molecule has 3 nitrogen and oxygen atoms in total. The molecule has 0 aliphatic rings. The first-order valence-corrected chi connectivity index (χ1v) is 17.8. The van der Waals surface area contributed by atoms with Gasteiger partial charge in [0.15, 0.2) is 0 Å². The Hall–Kier alpha value is -6.36. The molecule has 11 aromatic rings. The molecule has 3 aromatic heterocycles. The maximum Gasteiger partial charge on any atom is 0.137 e. The summed E-state index contributed by atoms with van der Waals surface area (Å²) in [5, 5.41) is 9.76. The minimum Gasteiger partial charge on any atom is -0.456 e. The molecule has 0 saturated carbocycles. The molecule has 50 heavy (non-hydrogen) atoms. The molecule has 4 heteroatoms. The van der Waals surface area contributed by atoms with Gasteiger partial charge in [-0.2, -0.15) is 0 Å². The lowest BCUT2D eigenvalue weighted by molar-refractivity contribution is 0.669. The molecule has 0 unspecified atom stereocenters. The van der Waals surface area contributed by atoms with Crippen LogP contribution in [-0.2, 0) is 0 Å². The van der Waals surface area contributed by atoms with Crippen molar-refractivity contribution in [1.82, 2.24) is 4.57 Å². The van der Waals surface area contributed by atoms with Gasteiger partial charge in [0.2, 0.25) is 0 Å². The van der Waals surface area contributed by atoms with Crippen molar-refractivity contribution < 1.29 is 4.42 Å². The van der Waals surface area contributed by atoms with E-state index in [1.54, 1.807) is 0 Å². The Morgan fingerprint density at radius 1 is 0.440 bits per heavy atom. The molecule has 0 spiro atoms. The highest BCUT2D eigenvalue weighted by molar-refractivity contribution is 7.26. The maximum atomic E-state index is 6.49. The summed E-state index contributed by atoms with van der Waals surface area (Å²) in [4.78, 5) is 2.44. The summed E-state index contributed by atoms with van der Waals surface area (Å²) < 4.78 is 11.5. The third-order valence-corrected chi connectivity index (χ3v) is 11.4. The molecule has 0 aliphatic heterocycles. The van der Waals surface area contributed by atoms with Gasteiger partial charge in [0, 0.05) is 69.9 Å². The lowest BCUT2D eigenvalue weighted by Crippen LogP contribution is -2.12. The highest BCUT2D eigenvalue weighted by Crippen LogP contribution is 2.48. The van der Waals surface area contributed by atoms with Gasteiger partial charge in [0.25, 0.3) is 0 Å². The van der Waals surface area contributed by atoms with Crippen molar-refractivity contribution in [2.45, 2.75) is 0 Å². The number of hydrogen-bond donors (Lipinski definition) is 0. The summed E-state index contributed by atoms with van der Waals surface area (Å²) in [7, 11) is 0. The minimum atomic E-state index is 0.872. The van der Waals surface area contributed by atoms with E-state index in [9.17, 15) is 0 Å². The fraction of sp³-hybridized carbons (Fsp3) is 0. The first-order chi connectivity index (χ1) is 24.8. The monoisotopic (exact) mass is 656 g/mol. The van der Waals surface area contributed by atoms with Crippen LogP contribution in [0.2, 0.25) is 0 Å². The van der Waals surface area contributed by atoms with Gasteiger partial charge in [-0.3, -0.25) is 0 Å². The lowest BCUT2D eigenvalue weighted by atomic mass is 10.0. The highest BCUT2D eigenvalue weighted by Gasteiger charge is 2.24. The maximum absolute atomic E-state index is 6.49. The van der Waals surface area contributed by atoms with Gasteiger partial charge < -0.3 is 13.9 Å². The van der Waals surface area contributed by atoms with E-state index in [-0.39, 0.29) is 0 Å². The van der Waals surface area contributed by atoms with Gasteiger partial charge in [0.1, 0.15) is 11.2 Å². The number of nitrogens with zero attached hydrogens (tertiary/aromatic N) is 2. The third kappa shape index (κ3) is 3.91. The van der Waals surface area contributed by atoms with Crippen molar-refractivity contribution in [3.05, 3.63) is 170 Å². The quantitative estimate of drug-likeness (QED) is 0.188. The van der Waals surface area contributed by atoms with Gasteiger partial charge >= 0.3 is 0 Å². The van der Waals surface area contributed by atoms with Gasteiger partial charge in [-0.1, -0.05) is 109 Å². The normalized spacial score (nSPS) is 12.0. The number of aromatic nitrogens is 1. The summed E-state index contributed by atoms with van der Waals surface area (Å²) in [5.41, 5.74) is 8.49. The Balaban J connectivity index is 1.27. The van der Waals surface area contributed by atoms with Gasteiger partial charge in [0.05, 0.1) is 22.4 Å². The van der Waals surface area contributed by atoms with E-state index in [0.29, 0.717) is 0 Å². The van der Waals surface area contributed by atoms with Gasteiger partial charge in [-0.15, -0.1) is 11.3 Å². The van der Waals surface area contributed by atoms with Crippen LogP contribution < -0.4 is 4.90 Å². The molecule has 11 rings (SSSR count). The molecular weight excluding hydrogens is 629 g/mol. The molecule has 0 amide bonds. The second-order valence-corrected chi connectivity index (χ2v) is 13.9. The summed E-state index contributed by atoms with van der Waals surface area (Å²) in [6.45, 7) is 0. The van der Waals surface area contributed by atoms with E-state index in [4.69, 9.17) is 4.42 Å². The number of benzene rings is 8. The predicted octanol–water partition coefficient (Wildman–Crippen LogP) is 13.7. The van der Waals surface area contributed by atoms with Crippen LogP contribution in [0.1, 0.15) is 0 Å². The third-order valence-electron chi connectivity index (χ3n) is 10.2. The van der Waals surface area contributed by atoms with E-state index < -0.39 is 0 Å². The Labute approximate surface area is 291 Å². The van der Waals surface area contributed by atoms with Crippen LogP contribution in [-0.4, -0.2) is 4.57 Å². The van der Waals surface area contributed by atoms with Crippen molar-refractivity contribution >= 4 is 103 Å². The van der Waals surface area contributed by atoms with Crippen LogP contribution in [0, 0.1) is 0 Å². The molecule has 0 atom stereocenters. The molecular formula is C46H28N2OS. The first-order valence-electron chi connectivity index (χ1n) is 16.9. The van der Waals surface area contributed by atoms with E-state index in [2.05, 4.69) is 167 Å². The van der Waals surface area contributed by atoms with Crippen molar-refractivity contribution in [3.8, 4) is 5.69 Å². The molecule has 8 aromatic carbocycles. The number of anilines is 3. The zero-order chi connectivity index (χ0) is 32.8. The highest BCUT2D eigenvalue weighted by atomic mass is 32.1. The van der Waals surface area contributed by atoms with E-state index in [1.807, 2.05) is 23.5 Å². The molecule has 3 heterocycles. The summed E-state index contributed by atoms with van der Waals surface area (Å²) in [5.74, 6) is 0. The number of para-hydroxylation sites is 4. The Morgan fingerprint density at radius 3 is 1.98 bits per heavy atom. The van der Waals surface area contributed by atoms with Gasteiger partial charge in [-0.25, -0.2) is 0 Å².